The van der Waals surface area contributed by atoms with Crippen molar-refractivity contribution in [3.63, 3.8) is 0 Å². The normalized spacial score (nSPS) is 11.5. The highest BCUT2D eigenvalue weighted by atomic mass is 127. The van der Waals surface area contributed by atoms with Crippen molar-refractivity contribution in [2.75, 3.05) is 39.0 Å². The number of alkyl halides is 4. The monoisotopic (exact) mass is 1780 g/mol. The molecule has 33 heteroatoms. The molecule has 0 radical (unpaired) electrons. The number of rotatable bonds is 21. The number of fused-ring (bicyclic) bond motifs is 4. The van der Waals surface area contributed by atoms with Crippen LogP contribution in [0.2, 0.25) is 77.1 Å². The fourth-order valence-corrected chi connectivity index (χ4v) is 11.4. The Labute approximate surface area is 596 Å². The third-order valence-electron chi connectivity index (χ3n) is 13.3. The third-order valence-corrected chi connectivity index (χ3v) is 19.7. The number of aromatic amines is 2. The zero-order valence-electron chi connectivity index (χ0n) is 54.7. The predicted octanol–water partition coefficient (Wildman–Crippen LogP) is 14.3. The first-order chi connectivity index (χ1) is 43.4. The van der Waals surface area contributed by atoms with Crippen LogP contribution in [0.4, 0.5) is 0 Å². The number of hydrogen-bond donors (Lipinski definition) is 2. The number of ether oxygens (including phenoxy) is 3. The molecule has 2 atom stereocenters. The summed E-state index contributed by atoms with van der Waals surface area (Å²) < 4.78 is 37.9. The highest BCUT2D eigenvalue weighted by Crippen LogP contribution is 2.30. The van der Waals surface area contributed by atoms with Crippen LogP contribution in [0, 0.1) is 13.8 Å². The summed E-state index contributed by atoms with van der Waals surface area (Å²) in [6.45, 7) is 29.2. The summed E-state index contributed by atoms with van der Waals surface area (Å²) in [6, 6.07) is 11.6. The molecule has 0 fully saturated rings. The van der Waals surface area contributed by atoms with Crippen molar-refractivity contribution in [3.05, 3.63) is 123 Å². The summed E-state index contributed by atoms with van der Waals surface area (Å²) in [4.78, 5) is 39.2. The van der Waals surface area contributed by atoms with Gasteiger partial charge >= 0.3 is 7.12 Å². The van der Waals surface area contributed by atoms with E-state index in [2.05, 4.69) is 223 Å². The molecule has 2 N–H and O–H groups in total. The van der Waals surface area contributed by atoms with E-state index < -0.39 is 24.2 Å². The van der Waals surface area contributed by atoms with Crippen LogP contribution in [0.15, 0.2) is 112 Å². The molecule has 11 aromatic rings. The molecule has 0 bridgehead atoms. The van der Waals surface area contributed by atoms with Gasteiger partial charge in [-0.3, -0.25) is 14.2 Å². The van der Waals surface area contributed by atoms with Gasteiger partial charge in [0, 0.05) is 161 Å². The van der Waals surface area contributed by atoms with E-state index in [1.54, 1.807) is 56.6 Å². The maximum absolute atomic E-state index is 5.85. The molecule has 0 amide bonds. The third kappa shape index (κ3) is 26.5. The van der Waals surface area contributed by atoms with E-state index in [4.69, 9.17) is 23.5 Å². The van der Waals surface area contributed by atoms with Gasteiger partial charge in [0.05, 0.1) is 35.2 Å². The molecule has 0 saturated carbocycles. The highest BCUT2D eigenvalue weighted by molar-refractivity contribution is 14.3. The molecule has 492 valence electrons. The molecule has 91 heavy (non-hydrogen) atoms. The van der Waals surface area contributed by atoms with E-state index in [0.29, 0.717) is 28.6 Å². The van der Waals surface area contributed by atoms with Gasteiger partial charge in [-0.25, -0.2) is 39.9 Å². The molecule has 0 aliphatic heterocycles. The van der Waals surface area contributed by atoms with E-state index in [1.165, 1.54) is 18.1 Å². The minimum atomic E-state index is -1.06. The van der Waals surface area contributed by atoms with Crippen LogP contribution >= 0.6 is 108 Å². The summed E-state index contributed by atoms with van der Waals surface area (Å²) in [5.41, 5.74) is 10.4. The van der Waals surface area contributed by atoms with E-state index >= 15 is 0 Å². The summed E-state index contributed by atoms with van der Waals surface area (Å²) in [6.07, 6.45) is 25.3. The molecule has 0 spiro atoms. The van der Waals surface area contributed by atoms with Crippen molar-refractivity contribution in [1.29, 1.82) is 0 Å². The van der Waals surface area contributed by atoms with Crippen LogP contribution in [0.25, 0.3) is 66.6 Å². The zero-order valence-corrected chi connectivity index (χ0v) is 68.5. The van der Waals surface area contributed by atoms with Crippen molar-refractivity contribution in [1.82, 2.24) is 88.1 Å². The Morgan fingerprint density at radius 2 is 1.02 bits per heavy atom. The quantitative estimate of drug-likeness (QED) is 0.0223. The Bertz CT molecular complexity index is 3850. The fraction of sp³-hybridized carbons (Fsp3) is 0.431. The predicted molar refractivity (Wildman–Crippen MR) is 419 cm³/mol. The average molecular weight is 1780 g/mol. The summed E-state index contributed by atoms with van der Waals surface area (Å²) in [5.74, 6) is 0. The number of H-pyrrole nitrogens is 2. The lowest BCUT2D eigenvalue weighted by atomic mass is 9.82. The standard InChI is InChI=1S/C15H23N5OP2Si.C15H21N5OSi.C13H21N3OSi.C7H7N3.C6H11BN2O2.CHI3.CH3I/c1-24(2,3)7-6-21-11-19-5-4-13-14(16-10-17-15(13)19)12-8-18-20(9-12)23-22;1-22(2,3)7-6-21-11-20-5-4-13-14(12-8-18-19-9-12)16-10-17-15(13)20;1-11-12-5-6-16(13(12)15-9-14-11)10-17-7-8-18(2,3)4;1-5-6-2-3-8-7(6)10-4-9-5;1-9-5-6(4-8-9)7(10-2)11-3;2-1(3)4;1-2/h4-5,8-10,23H,6-7,11,22H2,1-3H3;4-5,8-10H,6-7,11H2,1-3H3,(H,18,19);5-6,9H,7-8,10H2,1-4H3;2-4H,1H3,(H,8,9,10);4-5H,1-3H3;1H;1H3. The average Bonchev–Trinajstić information content (AvgIpc) is 1.71. The number of hydrogen-bond acceptors (Lipinski definition) is 16. The molecule has 2 unspecified atom stereocenters. The van der Waals surface area contributed by atoms with Gasteiger partial charge in [0.1, 0.15) is 68.0 Å². The molecule has 0 aliphatic carbocycles. The number of nitrogens with one attached hydrogen (secondary N) is 2. The molecule has 23 nitrogen and oxygen atoms in total. The molecular weight excluding hydrogens is 1690 g/mol. The highest BCUT2D eigenvalue weighted by Gasteiger charge is 2.20. The van der Waals surface area contributed by atoms with E-state index in [0.717, 1.165) is 103 Å². The Hall–Kier alpha value is -3.59. The van der Waals surface area contributed by atoms with E-state index in [9.17, 15) is 0 Å². The van der Waals surface area contributed by atoms with Gasteiger partial charge in [0.15, 0.2) is 0 Å². The molecule has 0 saturated heterocycles. The number of aryl methyl sites for hydroxylation is 3. The second-order valence-electron chi connectivity index (χ2n) is 24.0. The minimum Gasteiger partial charge on any atom is -0.410 e. The number of nitrogens with zero attached hydrogens (tertiary/aromatic N) is 16. The first-order valence-electron chi connectivity index (χ1n) is 29.1. The van der Waals surface area contributed by atoms with Gasteiger partial charge in [-0.2, -0.15) is 15.3 Å². The largest absolute Gasteiger partial charge is 0.496 e. The smallest absolute Gasteiger partial charge is 0.410 e. The molecule has 0 aliphatic rings. The van der Waals surface area contributed by atoms with Gasteiger partial charge in [-0.05, 0) is 61.2 Å². The Balaban J connectivity index is 0.000000208. The molecule has 11 heterocycles. The van der Waals surface area contributed by atoms with Gasteiger partial charge in [-0.15, -0.1) is 0 Å². The van der Waals surface area contributed by atoms with Crippen molar-refractivity contribution in [2.24, 2.45) is 7.05 Å². The lowest BCUT2D eigenvalue weighted by Crippen LogP contribution is -2.33. The Morgan fingerprint density at radius 3 is 1.44 bits per heavy atom. The molecule has 11 rings (SSSR count). The number of aromatic nitrogens is 18. The topological polar surface area (TPSA) is 244 Å². The van der Waals surface area contributed by atoms with Crippen LogP contribution in [0.5, 0.6) is 0 Å². The Morgan fingerprint density at radius 1 is 0.571 bits per heavy atom. The summed E-state index contributed by atoms with van der Waals surface area (Å²) >= 11 is 9.10. The van der Waals surface area contributed by atoms with E-state index in [1.807, 2.05) is 118 Å². The molecule has 0 aromatic carbocycles. The lowest BCUT2D eigenvalue weighted by molar-refractivity contribution is 0.0898. The molecular formula is C58H87BI4N18O5P2Si3. The Kier molecular flexibility index (Phi) is 33.9. The van der Waals surface area contributed by atoms with Crippen LogP contribution < -0.4 is 5.46 Å². The van der Waals surface area contributed by atoms with Crippen LogP contribution in [0.3, 0.4) is 0 Å². The first kappa shape index (κ1) is 78.1. The van der Waals surface area contributed by atoms with E-state index in [-0.39, 0.29) is 7.12 Å². The first-order valence-corrected chi connectivity index (χ1v) is 48.8. The minimum absolute atomic E-state index is 0.302. The second-order valence-corrected chi connectivity index (χ2v) is 53.2. The maximum atomic E-state index is 5.85. The summed E-state index contributed by atoms with van der Waals surface area (Å²) in [5, 5.41) is 19.4. The van der Waals surface area contributed by atoms with Gasteiger partial charge < -0.3 is 42.2 Å². The summed E-state index contributed by atoms with van der Waals surface area (Å²) in [7, 11) is 4.86. The maximum Gasteiger partial charge on any atom is 0.496 e. The SMILES string of the molecule is CI.COB(OC)c1cnn(C)c1.C[Si](C)(C)CCOCn1ccc2c(-c3cn[nH]c3)ncnc21.C[Si](C)(C)CCOCn1ccc2c(-c3cnn(PP)c3)ncnc21.Cc1ncnc2[nH]ccc12.Cc1ncnc2c1ccn2COCC[Si](C)(C)C.IC(I)I. The van der Waals surface area contributed by atoms with Crippen LogP contribution in [-0.4, -0.2) is 158 Å². The van der Waals surface area contributed by atoms with Gasteiger partial charge in [0.2, 0.25) is 0 Å². The van der Waals surface area contributed by atoms with Gasteiger partial charge in [0.25, 0.3) is 0 Å². The number of halogens is 4. The lowest BCUT2D eigenvalue weighted by Gasteiger charge is -2.15. The second kappa shape index (κ2) is 39.4. The van der Waals surface area contributed by atoms with Crippen molar-refractivity contribution in [2.45, 2.75) is 111 Å². The van der Waals surface area contributed by atoms with Gasteiger partial charge in [-0.1, -0.05) is 158 Å². The van der Waals surface area contributed by atoms with Crippen molar-refractivity contribution < 1.29 is 23.5 Å². The van der Waals surface area contributed by atoms with Crippen molar-refractivity contribution in [3.8, 4) is 22.5 Å². The zero-order chi connectivity index (χ0) is 66.7. The molecule has 11 aromatic heterocycles. The van der Waals surface area contributed by atoms with Crippen molar-refractivity contribution >= 4 is 189 Å². The van der Waals surface area contributed by atoms with Crippen LogP contribution in [0.1, 0.15) is 11.4 Å². The van der Waals surface area contributed by atoms with Crippen LogP contribution in [-0.2, 0) is 50.8 Å². The fourth-order valence-electron chi connectivity index (χ4n) is 8.36.